The molecule has 0 aromatic carbocycles. The van der Waals surface area contributed by atoms with E-state index in [0.29, 0.717) is 5.41 Å². The van der Waals surface area contributed by atoms with Gasteiger partial charge in [-0.1, -0.05) is 6.07 Å². The van der Waals surface area contributed by atoms with Gasteiger partial charge in [0, 0.05) is 55.7 Å². The molecule has 0 unspecified atom stereocenters. The zero-order valence-electron chi connectivity index (χ0n) is 17.1. The molecule has 28 heavy (non-hydrogen) atoms. The summed E-state index contributed by atoms with van der Waals surface area (Å²) in [7, 11) is 0. The number of aliphatic hydroxyl groups is 1. The molecule has 2 fully saturated rings. The van der Waals surface area contributed by atoms with Gasteiger partial charge in [-0.05, 0) is 57.2 Å². The highest BCUT2D eigenvalue weighted by molar-refractivity contribution is 5.68. The lowest BCUT2D eigenvalue weighted by Crippen LogP contribution is -2.60. The third-order valence-electron chi connectivity index (χ3n) is 6.01. The number of fused-ring (bicyclic) bond motifs is 1. The zero-order chi connectivity index (χ0) is 19.9. The Kier molecular flexibility index (Phi) is 4.88. The number of pyridine rings is 1. The van der Waals surface area contributed by atoms with Crippen molar-refractivity contribution >= 4 is 11.6 Å². The molecule has 4 heterocycles. The van der Waals surface area contributed by atoms with Crippen LogP contribution in [0.5, 0.6) is 0 Å². The van der Waals surface area contributed by atoms with Crippen LogP contribution < -0.4 is 0 Å². The maximum atomic E-state index is 12.3. The summed E-state index contributed by atoms with van der Waals surface area (Å²) in [4.78, 5) is 16.6. The first-order chi connectivity index (χ1) is 13.3. The van der Waals surface area contributed by atoms with E-state index in [9.17, 15) is 9.90 Å². The molecule has 2 aliphatic rings. The molecule has 1 amide bonds. The van der Waals surface area contributed by atoms with Crippen LogP contribution in [-0.2, 0) is 17.9 Å². The summed E-state index contributed by atoms with van der Waals surface area (Å²) >= 11 is 0. The van der Waals surface area contributed by atoms with E-state index in [-0.39, 0.29) is 12.7 Å². The van der Waals surface area contributed by atoms with Crippen LogP contribution in [0.1, 0.15) is 44.9 Å². The van der Waals surface area contributed by atoms with Gasteiger partial charge in [-0.3, -0.25) is 4.90 Å². The first-order valence-electron chi connectivity index (χ1n) is 10.2. The van der Waals surface area contributed by atoms with Crippen LogP contribution in [0.3, 0.4) is 0 Å². The van der Waals surface area contributed by atoms with Gasteiger partial charge in [0.25, 0.3) is 0 Å². The van der Waals surface area contributed by atoms with E-state index in [1.807, 2.05) is 37.8 Å². The van der Waals surface area contributed by atoms with Crippen molar-refractivity contribution in [3.8, 4) is 0 Å². The second-order valence-electron chi connectivity index (χ2n) is 9.38. The molecule has 0 radical (unpaired) electrons. The average molecular weight is 386 g/mol. The minimum atomic E-state index is -0.441. The van der Waals surface area contributed by atoms with Gasteiger partial charge in [-0.15, -0.1) is 0 Å². The number of piperidine rings is 1. The van der Waals surface area contributed by atoms with Crippen LogP contribution in [0.15, 0.2) is 30.5 Å². The quantitative estimate of drug-likeness (QED) is 0.881. The van der Waals surface area contributed by atoms with Crippen molar-refractivity contribution in [2.24, 2.45) is 5.41 Å². The van der Waals surface area contributed by atoms with E-state index >= 15 is 0 Å². The van der Waals surface area contributed by atoms with Crippen LogP contribution >= 0.6 is 0 Å². The Hall–Kier alpha value is -2.05. The Morgan fingerprint density at radius 3 is 2.57 bits per heavy atom. The standard InChI is InChI=1S/C22H31N3O3/c1-21(2,3)28-20(27)24-10-7-22(8-11-24)15-23(16-22)13-19-17(14-26)12-18-6-4-5-9-25(18)19/h4-6,9,12,26H,7-8,10-11,13-16H2,1-3H3. The largest absolute Gasteiger partial charge is 0.444 e. The molecule has 0 bridgehead atoms. The van der Waals surface area contributed by atoms with Gasteiger partial charge in [-0.25, -0.2) is 4.79 Å². The third-order valence-corrected chi connectivity index (χ3v) is 6.01. The van der Waals surface area contributed by atoms with Gasteiger partial charge < -0.3 is 19.1 Å². The lowest BCUT2D eigenvalue weighted by molar-refractivity contribution is -0.0557. The van der Waals surface area contributed by atoms with Gasteiger partial charge in [-0.2, -0.15) is 0 Å². The summed E-state index contributed by atoms with van der Waals surface area (Å²) in [5.41, 5.74) is 3.20. The summed E-state index contributed by atoms with van der Waals surface area (Å²) in [5, 5.41) is 9.75. The normalized spacial score (nSPS) is 19.8. The number of carbonyl (C=O) groups is 1. The summed E-state index contributed by atoms with van der Waals surface area (Å²) in [5.74, 6) is 0. The van der Waals surface area contributed by atoms with Crippen molar-refractivity contribution < 1.29 is 14.6 Å². The molecule has 4 rings (SSSR count). The topological polar surface area (TPSA) is 57.4 Å². The van der Waals surface area contributed by atoms with Gasteiger partial charge in [0.2, 0.25) is 0 Å². The van der Waals surface area contributed by atoms with E-state index < -0.39 is 5.60 Å². The highest BCUT2D eigenvalue weighted by atomic mass is 16.6. The number of amides is 1. The molecule has 0 saturated carbocycles. The summed E-state index contributed by atoms with van der Waals surface area (Å²) < 4.78 is 7.69. The first kappa shape index (κ1) is 19.3. The monoisotopic (exact) mass is 385 g/mol. The van der Waals surface area contributed by atoms with Crippen molar-refractivity contribution in [2.75, 3.05) is 26.2 Å². The Labute approximate surface area is 166 Å². The van der Waals surface area contributed by atoms with Crippen molar-refractivity contribution in [3.05, 3.63) is 41.7 Å². The number of likely N-dealkylation sites (tertiary alicyclic amines) is 2. The van der Waals surface area contributed by atoms with Crippen LogP contribution in [0, 0.1) is 5.41 Å². The molecule has 152 valence electrons. The van der Waals surface area contributed by atoms with E-state index in [2.05, 4.69) is 27.6 Å². The van der Waals surface area contributed by atoms with E-state index in [4.69, 9.17) is 4.74 Å². The molecular formula is C22H31N3O3. The second-order valence-corrected chi connectivity index (χ2v) is 9.38. The molecule has 2 aromatic rings. The molecule has 1 spiro atoms. The minimum absolute atomic E-state index is 0.0703. The molecule has 2 aromatic heterocycles. The fourth-order valence-corrected chi connectivity index (χ4v) is 4.58. The predicted molar refractivity (Wildman–Crippen MR) is 108 cm³/mol. The van der Waals surface area contributed by atoms with Crippen LogP contribution in [0.2, 0.25) is 0 Å². The molecule has 2 aliphatic heterocycles. The molecular weight excluding hydrogens is 354 g/mol. The number of nitrogens with zero attached hydrogens (tertiary/aromatic N) is 3. The Morgan fingerprint density at radius 2 is 1.93 bits per heavy atom. The van der Waals surface area contributed by atoms with Crippen LogP contribution in [0.25, 0.3) is 5.52 Å². The van der Waals surface area contributed by atoms with Crippen LogP contribution in [-0.4, -0.2) is 57.2 Å². The zero-order valence-corrected chi connectivity index (χ0v) is 17.1. The van der Waals surface area contributed by atoms with E-state index in [0.717, 1.165) is 56.6 Å². The number of carbonyl (C=O) groups excluding carboxylic acids is 1. The van der Waals surface area contributed by atoms with Gasteiger partial charge in [0.1, 0.15) is 5.60 Å². The maximum absolute atomic E-state index is 12.3. The fraction of sp³-hybridized carbons (Fsp3) is 0.591. The smallest absolute Gasteiger partial charge is 0.410 e. The second kappa shape index (κ2) is 7.08. The SMILES string of the molecule is CC(C)(C)OC(=O)N1CCC2(CC1)CN(Cc1c(CO)cc3ccccn13)C2. The van der Waals surface area contributed by atoms with E-state index in [1.165, 1.54) is 5.69 Å². The lowest BCUT2D eigenvalue weighted by atomic mass is 9.72. The molecule has 0 aliphatic carbocycles. The van der Waals surface area contributed by atoms with Gasteiger partial charge >= 0.3 is 6.09 Å². The summed E-state index contributed by atoms with van der Waals surface area (Å²) in [6.45, 7) is 10.3. The third kappa shape index (κ3) is 3.76. The molecule has 2 saturated heterocycles. The highest BCUT2D eigenvalue weighted by Crippen LogP contribution is 2.41. The Balaban J connectivity index is 1.34. The van der Waals surface area contributed by atoms with Crippen molar-refractivity contribution in [1.82, 2.24) is 14.2 Å². The van der Waals surface area contributed by atoms with Crippen molar-refractivity contribution in [1.29, 1.82) is 0 Å². The minimum Gasteiger partial charge on any atom is -0.444 e. The number of ether oxygens (including phenoxy) is 1. The molecule has 6 heteroatoms. The maximum Gasteiger partial charge on any atom is 0.410 e. The summed E-state index contributed by atoms with van der Waals surface area (Å²) in [6.07, 6.45) is 3.94. The number of hydrogen-bond acceptors (Lipinski definition) is 4. The van der Waals surface area contributed by atoms with Gasteiger partial charge in [0.15, 0.2) is 0 Å². The summed E-state index contributed by atoms with van der Waals surface area (Å²) in [6, 6.07) is 8.20. The van der Waals surface area contributed by atoms with Crippen molar-refractivity contribution in [3.63, 3.8) is 0 Å². The van der Waals surface area contributed by atoms with Gasteiger partial charge in [0.05, 0.1) is 6.61 Å². The Morgan fingerprint density at radius 1 is 1.21 bits per heavy atom. The van der Waals surface area contributed by atoms with Crippen LogP contribution in [0.4, 0.5) is 4.79 Å². The highest BCUT2D eigenvalue weighted by Gasteiger charge is 2.45. The van der Waals surface area contributed by atoms with Crippen molar-refractivity contribution in [2.45, 2.75) is 52.4 Å². The predicted octanol–water partition coefficient (Wildman–Crippen LogP) is 3.26. The average Bonchev–Trinajstić information content (AvgIpc) is 2.97. The first-order valence-corrected chi connectivity index (χ1v) is 10.2. The molecule has 1 N–H and O–H groups in total. The number of aliphatic hydroxyl groups excluding tert-OH is 1. The number of rotatable bonds is 3. The number of hydrogen-bond donors (Lipinski definition) is 1. The lowest BCUT2D eigenvalue weighted by Gasteiger charge is -2.54. The molecule has 6 nitrogen and oxygen atoms in total. The number of aromatic nitrogens is 1. The van der Waals surface area contributed by atoms with E-state index in [1.54, 1.807) is 0 Å². The Bertz CT molecular complexity index is 852. The fourth-order valence-electron chi connectivity index (χ4n) is 4.58. The molecule has 0 atom stereocenters.